The number of hydrogen-bond donors (Lipinski definition) is 1. The van der Waals surface area contributed by atoms with Gasteiger partial charge in [-0.15, -0.1) is 24.8 Å². The van der Waals surface area contributed by atoms with Gasteiger partial charge in [0.1, 0.15) is 17.2 Å². The molecule has 0 aromatic carbocycles. The average molecular weight is 588 g/mol. The number of pyridine rings is 2. The summed E-state index contributed by atoms with van der Waals surface area (Å²) in [5.74, 6) is -0.572. The number of nitrogens with one attached hydrogen (secondary N) is 1. The molecule has 12 heteroatoms. The number of ether oxygens (including phenoxy) is 1. The van der Waals surface area contributed by atoms with Gasteiger partial charge in [-0.05, 0) is 46.5 Å². The molecule has 4 atom stereocenters. The van der Waals surface area contributed by atoms with Crippen molar-refractivity contribution in [3.63, 3.8) is 0 Å². The zero-order chi connectivity index (χ0) is 26.2. The van der Waals surface area contributed by atoms with Crippen LogP contribution in [-0.2, 0) is 4.74 Å². The lowest BCUT2D eigenvalue weighted by Crippen LogP contribution is -2.56. The topological polar surface area (TPSA) is 73.8 Å². The van der Waals surface area contributed by atoms with Gasteiger partial charge in [-0.1, -0.05) is 0 Å². The van der Waals surface area contributed by atoms with E-state index < -0.39 is 5.60 Å². The molecular formula is C27H38Cl2F2N6O2. The summed E-state index contributed by atoms with van der Waals surface area (Å²) in [6.45, 7) is 8.85. The summed E-state index contributed by atoms with van der Waals surface area (Å²) in [4.78, 5) is 26.4. The highest BCUT2D eigenvalue weighted by molar-refractivity contribution is 5.85. The number of carbonyl (C=O) groups excluding carboxylic acids is 1. The first-order valence-electron chi connectivity index (χ1n) is 13.1. The van der Waals surface area contributed by atoms with E-state index in [1.54, 1.807) is 23.4 Å². The zero-order valence-corrected chi connectivity index (χ0v) is 24.2. The van der Waals surface area contributed by atoms with Crippen LogP contribution < -0.4 is 15.1 Å². The molecule has 0 radical (unpaired) electrons. The largest absolute Gasteiger partial charge is 0.444 e. The van der Waals surface area contributed by atoms with E-state index in [0.29, 0.717) is 25.2 Å². The Morgan fingerprint density at radius 3 is 1.69 bits per heavy atom. The van der Waals surface area contributed by atoms with Crippen LogP contribution in [0.1, 0.15) is 46.5 Å². The maximum Gasteiger partial charge on any atom is 0.410 e. The molecular weight excluding hydrogens is 549 g/mol. The Labute approximate surface area is 241 Å². The summed E-state index contributed by atoms with van der Waals surface area (Å²) in [5, 5.41) is 3.41. The third-order valence-corrected chi connectivity index (χ3v) is 7.49. The minimum absolute atomic E-state index is 0. The van der Waals surface area contributed by atoms with Crippen LogP contribution in [0.3, 0.4) is 0 Å². The van der Waals surface area contributed by atoms with E-state index in [0.717, 1.165) is 37.3 Å². The molecule has 2 aromatic heterocycles. The number of nitrogens with zero attached hydrogens (tertiary/aromatic N) is 5. The molecule has 1 amide bonds. The number of fused-ring (bicyclic) bond motifs is 4. The minimum atomic E-state index is -0.486. The first-order valence-corrected chi connectivity index (χ1v) is 13.1. The number of likely N-dealkylation sites (tertiary alicyclic amines) is 1. The molecule has 4 aliphatic rings. The van der Waals surface area contributed by atoms with Crippen molar-refractivity contribution in [2.24, 2.45) is 0 Å². The summed E-state index contributed by atoms with van der Waals surface area (Å²) in [7, 11) is 0. The molecule has 0 saturated carbocycles. The Bertz CT molecular complexity index is 1090. The van der Waals surface area contributed by atoms with Crippen LogP contribution in [0, 0.1) is 11.6 Å². The van der Waals surface area contributed by atoms with Gasteiger partial charge in [0, 0.05) is 62.5 Å². The van der Waals surface area contributed by atoms with Crippen LogP contribution in [0.5, 0.6) is 0 Å². The summed E-state index contributed by atoms with van der Waals surface area (Å²) in [6, 6.07) is 4.55. The average Bonchev–Trinajstić information content (AvgIpc) is 3.25. The zero-order valence-electron chi connectivity index (χ0n) is 22.6. The monoisotopic (exact) mass is 586 g/mol. The van der Waals surface area contributed by atoms with Crippen molar-refractivity contribution >= 4 is 42.3 Å². The number of rotatable bonds is 2. The molecule has 39 heavy (non-hydrogen) atoms. The second-order valence-corrected chi connectivity index (χ2v) is 11.4. The Morgan fingerprint density at radius 1 is 0.821 bits per heavy atom. The number of piperazine rings is 2. The Kier molecular flexibility index (Phi) is 10.2. The number of hydrogen-bond acceptors (Lipinski definition) is 7. The van der Waals surface area contributed by atoms with Gasteiger partial charge in [-0.2, -0.15) is 0 Å². The number of carbonyl (C=O) groups is 1. The lowest BCUT2D eigenvalue weighted by Gasteiger charge is -2.42. The molecule has 4 saturated heterocycles. The fourth-order valence-electron chi connectivity index (χ4n) is 6.08. The predicted molar refractivity (Wildman–Crippen MR) is 152 cm³/mol. The molecule has 216 valence electrons. The molecule has 4 aliphatic heterocycles. The van der Waals surface area contributed by atoms with E-state index in [1.807, 2.05) is 20.8 Å². The molecule has 0 aliphatic carbocycles. The number of aromatic nitrogens is 2. The molecule has 4 bridgehead atoms. The Morgan fingerprint density at radius 2 is 1.26 bits per heavy atom. The lowest BCUT2D eigenvalue weighted by atomic mass is 10.1. The van der Waals surface area contributed by atoms with Crippen molar-refractivity contribution in [2.45, 2.75) is 76.2 Å². The molecule has 0 spiro atoms. The van der Waals surface area contributed by atoms with Gasteiger partial charge in [0.05, 0.1) is 36.2 Å². The smallest absolute Gasteiger partial charge is 0.410 e. The van der Waals surface area contributed by atoms with E-state index in [1.165, 1.54) is 31.3 Å². The third kappa shape index (κ3) is 7.21. The molecule has 1 N–H and O–H groups in total. The van der Waals surface area contributed by atoms with E-state index in [4.69, 9.17) is 4.74 Å². The van der Waals surface area contributed by atoms with Crippen LogP contribution in [0.15, 0.2) is 36.9 Å². The van der Waals surface area contributed by atoms with Gasteiger partial charge in [0.15, 0.2) is 0 Å². The lowest BCUT2D eigenvalue weighted by molar-refractivity contribution is 0.0209. The molecule has 8 nitrogen and oxygen atoms in total. The predicted octanol–water partition coefficient (Wildman–Crippen LogP) is 4.81. The van der Waals surface area contributed by atoms with Crippen LogP contribution in [0.25, 0.3) is 0 Å². The SMILES string of the molecule is CC(C)(C)OC(=O)N1C[C@H]2CC[C@@H](C1)N2c1cncc(F)c1.Cl.Cl.Fc1cncc(N2[C@@H]3CC[C@H]2CNC3)c1. The van der Waals surface area contributed by atoms with Crippen molar-refractivity contribution in [3.05, 3.63) is 48.6 Å². The first-order chi connectivity index (χ1) is 17.7. The van der Waals surface area contributed by atoms with Crippen LogP contribution >= 0.6 is 24.8 Å². The van der Waals surface area contributed by atoms with Gasteiger partial charge in [0.2, 0.25) is 0 Å². The summed E-state index contributed by atoms with van der Waals surface area (Å²) in [5.41, 5.74) is 1.25. The van der Waals surface area contributed by atoms with Crippen LogP contribution in [-0.4, -0.2) is 76.9 Å². The van der Waals surface area contributed by atoms with Crippen molar-refractivity contribution in [1.29, 1.82) is 0 Å². The maximum absolute atomic E-state index is 13.4. The summed E-state index contributed by atoms with van der Waals surface area (Å²) < 4.78 is 32.0. The molecule has 0 unspecified atom stereocenters. The fraction of sp³-hybridized carbons (Fsp3) is 0.593. The maximum atomic E-state index is 13.4. The highest BCUT2D eigenvalue weighted by Crippen LogP contribution is 2.35. The van der Waals surface area contributed by atoms with E-state index >= 15 is 0 Å². The van der Waals surface area contributed by atoms with Gasteiger partial charge in [-0.25, -0.2) is 13.6 Å². The van der Waals surface area contributed by atoms with Gasteiger partial charge < -0.3 is 24.8 Å². The third-order valence-electron chi connectivity index (χ3n) is 7.49. The second-order valence-electron chi connectivity index (χ2n) is 11.4. The fourth-order valence-corrected chi connectivity index (χ4v) is 6.08. The number of halogens is 4. The van der Waals surface area contributed by atoms with Crippen molar-refractivity contribution in [2.75, 3.05) is 36.0 Å². The van der Waals surface area contributed by atoms with Crippen molar-refractivity contribution in [3.8, 4) is 0 Å². The quantitative estimate of drug-likeness (QED) is 0.541. The van der Waals surface area contributed by atoms with E-state index in [9.17, 15) is 13.6 Å². The highest BCUT2D eigenvalue weighted by atomic mass is 35.5. The molecule has 6 heterocycles. The molecule has 4 fully saturated rings. The Balaban J connectivity index is 0.000000217. The van der Waals surface area contributed by atoms with Crippen molar-refractivity contribution in [1.82, 2.24) is 20.2 Å². The molecule has 2 aromatic rings. The van der Waals surface area contributed by atoms with Crippen molar-refractivity contribution < 1.29 is 18.3 Å². The van der Waals surface area contributed by atoms with E-state index in [2.05, 4.69) is 25.1 Å². The normalized spacial score (nSPS) is 25.2. The van der Waals surface area contributed by atoms with Crippen LogP contribution in [0.4, 0.5) is 25.0 Å². The first kappa shape index (κ1) is 31.1. The Hall–Kier alpha value is -2.43. The summed E-state index contributed by atoms with van der Waals surface area (Å²) >= 11 is 0. The standard InChI is InChI=1S/C16H22FN3O2.C11H14FN3.2ClH/c1-16(2,3)22-15(21)19-9-12-4-5-13(10-19)20(12)14-6-11(17)7-18-8-14;12-8-3-11(7-13-4-8)15-9-1-2-10(15)6-14-5-9;;/h6-8,12-13H,4-5,9-10H2,1-3H3;3-4,7,9-10,14H,1-2,5-6H2;2*1H/t12-,13+;9-,10+;;. The second kappa shape index (κ2) is 12.8. The van der Waals surface area contributed by atoms with E-state index in [-0.39, 0.29) is 54.6 Å². The van der Waals surface area contributed by atoms with Gasteiger partial charge in [0.25, 0.3) is 0 Å². The number of amides is 1. The van der Waals surface area contributed by atoms with Gasteiger partial charge >= 0.3 is 6.09 Å². The van der Waals surface area contributed by atoms with Crippen LogP contribution in [0.2, 0.25) is 0 Å². The highest BCUT2D eigenvalue weighted by Gasteiger charge is 2.42. The summed E-state index contributed by atoms with van der Waals surface area (Å²) in [6.07, 6.45) is 10.1. The van der Waals surface area contributed by atoms with Gasteiger partial charge in [-0.3, -0.25) is 9.97 Å². The number of anilines is 2. The minimum Gasteiger partial charge on any atom is -0.444 e. The molecule has 6 rings (SSSR count).